The Morgan fingerprint density at radius 3 is 2.70 bits per heavy atom. The molecule has 1 aliphatic heterocycles. The van der Waals surface area contributed by atoms with Crippen LogP contribution >= 0.6 is 0 Å². The van der Waals surface area contributed by atoms with Gasteiger partial charge < -0.3 is 19.7 Å². The van der Waals surface area contributed by atoms with E-state index >= 15 is 0 Å². The van der Waals surface area contributed by atoms with Crippen molar-refractivity contribution < 1.29 is 19.1 Å². The molecule has 1 aromatic rings. The topological polar surface area (TPSA) is 67.9 Å². The molecule has 0 spiro atoms. The first kappa shape index (κ1) is 21.1. The van der Waals surface area contributed by atoms with Crippen LogP contribution in [-0.2, 0) is 16.1 Å². The van der Waals surface area contributed by atoms with Crippen molar-refractivity contribution >= 4 is 11.8 Å². The van der Waals surface area contributed by atoms with Gasteiger partial charge in [0.05, 0.1) is 14.2 Å². The van der Waals surface area contributed by atoms with E-state index in [1.54, 1.807) is 14.2 Å². The van der Waals surface area contributed by atoms with E-state index in [4.69, 9.17) is 9.47 Å². The van der Waals surface area contributed by atoms with Crippen LogP contribution in [0.1, 0.15) is 45.1 Å². The van der Waals surface area contributed by atoms with Crippen LogP contribution in [0.5, 0.6) is 11.5 Å². The molecule has 2 rings (SSSR count). The minimum absolute atomic E-state index is 0.0279. The molecule has 0 radical (unpaired) electrons. The number of nitrogens with one attached hydrogen (secondary N) is 1. The van der Waals surface area contributed by atoms with E-state index in [2.05, 4.69) is 5.32 Å². The minimum atomic E-state index is 0.0279. The van der Waals surface area contributed by atoms with E-state index in [0.29, 0.717) is 24.6 Å². The highest BCUT2D eigenvalue weighted by atomic mass is 16.5. The van der Waals surface area contributed by atoms with E-state index in [1.165, 1.54) is 0 Å². The molecule has 0 aromatic heterocycles. The molecule has 1 saturated heterocycles. The highest BCUT2D eigenvalue weighted by Crippen LogP contribution is 2.25. The van der Waals surface area contributed by atoms with Crippen molar-refractivity contribution in [1.82, 2.24) is 10.2 Å². The lowest BCUT2D eigenvalue weighted by molar-refractivity contribution is -0.136. The van der Waals surface area contributed by atoms with Crippen molar-refractivity contribution in [3.8, 4) is 11.5 Å². The Kier molecular flexibility index (Phi) is 7.95. The monoisotopic (exact) mass is 376 g/mol. The van der Waals surface area contributed by atoms with Crippen LogP contribution in [0.2, 0.25) is 0 Å². The van der Waals surface area contributed by atoms with Gasteiger partial charge in [-0.25, -0.2) is 0 Å². The zero-order valence-electron chi connectivity index (χ0n) is 16.9. The van der Waals surface area contributed by atoms with Gasteiger partial charge in [0.1, 0.15) is 11.5 Å². The van der Waals surface area contributed by atoms with Gasteiger partial charge in [0.2, 0.25) is 11.8 Å². The van der Waals surface area contributed by atoms with Crippen molar-refractivity contribution in [2.24, 2.45) is 11.8 Å². The Labute approximate surface area is 162 Å². The lowest BCUT2D eigenvalue weighted by Gasteiger charge is -2.33. The lowest BCUT2D eigenvalue weighted by Crippen LogP contribution is -2.42. The van der Waals surface area contributed by atoms with Crippen molar-refractivity contribution in [3.63, 3.8) is 0 Å². The van der Waals surface area contributed by atoms with Crippen LogP contribution < -0.4 is 14.8 Å². The van der Waals surface area contributed by atoms with Crippen molar-refractivity contribution in [2.75, 3.05) is 27.3 Å². The van der Waals surface area contributed by atoms with Crippen molar-refractivity contribution in [2.45, 2.75) is 46.1 Å². The Morgan fingerprint density at radius 2 is 2.04 bits per heavy atom. The van der Waals surface area contributed by atoms with Gasteiger partial charge in [-0.2, -0.15) is 0 Å². The summed E-state index contributed by atoms with van der Waals surface area (Å²) in [6.45, 7) is 5.92. The first-order valence-corrected chi connectivity index (χ1v) is 9.71. The number of methoxy groups -OCH3 is 2. The number of ether oxygens (including phenoxy) is 2. The van der Waals surface area contributed by atoms with Crippen LogP contribution in [0, 0.1) is 11.8 Å². The summed E-state index contributed by atoms with van der Waals surface area (Å²) in [4.78, 5) is 26.4. The largest absolute Gasteiger partial charge is 0.497 e. The molecular formula is C21H32N2O4. The van der Waals surface area contributed by atoms with Crippen LogP contribution in [0.25, 0.3) is 0 Å². The number of carbonyl (C=O) groups is 2. The Balaban J connectivity index is 1.79. The molecule has 0 bridgehead atoms. The summed E-state index contributed by atoms with van der Waals surface area (Å²) in [5, 5.41) is 2.96. The van der Waals surface area contributed by atoms with Gasteiger partial charge in [-0.15, -0.1) is 0 Å². The third-order valence-corrected chi connectivity index (χ3v) is 5.07. The quantitative estimate of drug-likeness (QED) is 0.757. The van der Waals surface area contributed by atoms with Crippen LogP contribution in [0.3, 0.4) is 0 Å². The average Bonchev–Trinajstić information content (AvgIpc) is 2.70. The second kappa shape index (κ2) is 10.2. The third kappa shape index (κ3) is 6.15. The summed E-state index contributed by atoms with van der Waals surface area (Å²) in [7, 11) is 3.21. The lowest BCUT2D eigenvalue weighted by atomic mass is 9.92. The van der Waals surface area contributed by atoms with E-state index < -0.39 is 0 Å². The SMILES string of the molecule is COc1ccc(CNC(=O)CC[C@H]2CCCN(C(=O)C(C)C)C2)c(OC)c1. The molecule has 1 atom stereocenters. The number of hydrogen-bond donors (Lipinski definition) is 1. The normalized spacial score (nSPS) is 16.9. The summed E-state index contributed by atoms with van der Waals surface area (Å²) >= 11 is 0. The molecule has 0 saturated carbocycles. The number of benzene rings is 1. The summed E-state index contributed by atoms with van der Waals surface area (Å²) in [5.74, 6) is 2.11. The van der Waals surface area contributed by atoms with Gasteiger partial charge in [-0.05, 0) is 37.3 Å². The number of carbonyl (C=O) groups excluding carboxylic acids is 2. The highest BCUT2D eigenvalue weighted by molar-refractivity contribution is 5.78. The first-order valence-electron chi connectivity index (χ1n) is 9.71. The maximum Gasteiger partial charge on any atom is 0.225 e. The molecular weight excluding hydrogens is 344 g/mol. The van der Waals surface area contributed by atoms with E-state index in [1.807, 2.05) is 36.9 Å². The zero-order chi connectivity index (χ0) is 19.8. The second-order valence-corrected chi connectivity index (χ2v) is 7.44. The van der Waals surface area contributed by atoms with Gasteiger partial charge in [0.15, 0.2) is 0 Å². The number of likely N-dealkylation sites (tertiary alicyclic amines) is 1. The summed E-state index contributed by atoms with van der Waals surface area (Å²) in [5.41, 5.74) is 0.915. The number of amides is 2. The number of nitrogens with zero attached hydrogens (tertiary/aromatic N) is 1. The second-order valence-electron chi connectivity index (χ2n) is 7.44. The number of rotatable bonds is 8. The third-order valence-electron chi connectivity index (χ3n) is 5.07. The van der Waals surface area contributed by atoms with Crippen molar-refractivity contribution in [3.05, 3.63) is 23.8 Å². The van der Waals surface area contributed by atoms with E-state index in [-0.39, 0.29) is 17.7 Å². The molecule has 2 amide bonds. The molecule has 1 aliphatic rings. The van der Waals surface area contributed by atoms with Gasteiger partial charge in [0, 0.05) is 43.6 Å². The fourth-order valence-corrected chi connectivity index (χ4v) is 3.48. The summed E-state index contributed by atoms with van der Waals surface area (Å²) in [6.07, 6.45) is 3.40. The molecule has 0 aliphatic carbocycles. The molecule has 0 unspecified atom stereocenters. The summed E-state index contributed by atoms with van der Waals surface area (Å²) < 4.78 is 10.5. The van der Waals surface area contributed by atoms with Crippen LogP contribution in [0.4, 0.5) is 0 Å². The first-order chi connectivity index (χ1) is 12.9. The standard InChI is InChI=1S/C21H32N2O4/c1-15(2)21(25)23-11-5-6-16(14-23)7-10-20(24)22-13-17-8-9-18(26-3)12-19(17)27-4/h8-9,12,15-16H,5-7,10-11,13-14H2,1-4H3,(H,22,24)/t16-/m1/s1. The molecule has 6 nitrogen and oxygen atoms in total. The molecule has 150 valence electrons. The van der Waals surface area contributed by atoms with Gasteiger partial charge in [0.25, 0.3) is 0 Å². The Hall–Kier alpha value is -2.24. The fraction of sp³-hybridized carbons (Fsp3) is 0.619. The zero-order valence-corrected chi connectivity index (χ0v) is 16.9. The molecule has 6 heteroatoms. The van der Waals surface area contributed by atoms with Gasteiger partial charge >= 0.3 is 0 Å². The Morgan fingerprint density at radius 1 is 1.26 bits per heavy atom. The highest BCUT2D eigenvalue weighted by Gasteiger charge is 2.25. The Bertz CT molecular complexity index is 645. The summed E-state index contributed by atoms with van der Waals surface area (Å²) in [6, 6.07) is 5.56. The van der Waals surface area contributed by atoms with Gasteiger partial charge in [-0.1, -0.05) is 13.8 Å². The smallest absolute Gasteiger partial charge is 0.225 e. The van der Waals surface area contributed by atoms with Crippen LogP contribution in [-0.4, -0.2) is 44.0 Å². The van der Waals surface area contributed by atoms with Crippen molar-refractivity contribution in [1.29, 1.82) is 0 Å². The number of piperidine rings is 1. The van der Waals surface area contributed by atoms with Gasteiger partial charge in [-0.3, -0.25) is 9.59 Å². The predicted molar refractivity (Wildman–Crippen MR) is 105 cm³/mol. The average molecular weight is 376 g/mol. The molecule has 1 aromatic carbocycles. The van der Waals surface area contributed by atoms with E-state index in [9.17, 15) is 9.59 Å². The maximum atomic E-state index is 12.2. The predicted octanol–water partition coefficient (Wildman–Crippen LogP) is 2.99. The molecule has 1 heterocycles. The van der Waals surface area contributed by atoms with Crippen LogP contribution in [0.15, 0.2) is 18.2 Å². The molecule has 1 fully saturated rings. The fourth-order valence-electron chi connectivity index (χ4n) is 3.48. The minimum Gasteiger partial charge on any atom is -0.497 e. The molecule has 27 heavy (non-hydrogen) atoms. The van der Waals surface area contributed by atoms with E-state index in [0.717, 1.165) is 43.7 Å². The molecule has 1 N–H and O–H groups in total. The number of hydrogen-bond acceptors (Lipinski definition) is 4. The maximum absolute atomic E-state index is 12.2.